The number of Topliss-reactive ketones (excluding diaryl/α,β-unsaturated/α-hetero) is 1. The van der Waals surface area contributed by atoms with Gasteiger partial charge in [0.1, 0.15) is 5.82 Å². The first-order valence-corrected chi connectivity index (χ1v) is 7.04. The minimum Gasteiger partial charge on any atom is -0.289 e. The van der Waals surface area contributed by atoms with E-state index >= 15 is 0 Å². The maximum Gasteiger partial charge on any atom is 0.280 e. The standard InChI is InChI=1S/C10H9Cl2FO3S/c1-2-17(15,16)10(11,12)9(14)7-5-3-4-6-8(7)13/h3-6H,2H2,1H3. The number of ketones is 1. The number of hydrogen-bond acceptors (Lipinski definition) is 3. The molecule has 94 valence electrons. The van der Waals surface area contributed by atoms with Crippen molar-refractivity contribution in [2.45, 2.75) is 10.6 Å². The van der Waals surface area contributed by atoms with Crippen LogP contribution in [-0.4, -0.2) is 23.6 Å². The predicted molar refractivity (Wildman–Crippen MR) is 64.6 cm³/mol. The highest BCUT2D eigenvalue weighted by Crippen LogP contribution is 2.33. The SMILES string of the molecule is CCS(=O)(=O)C(Cl)(Cl)C(=O)c1ccccc1F. The van der Waals surface area contributed by atoms with E-state index in [9.17, 15) is 17.6 Å². The Bertz CT molecular complexity index is 540. The third-order valence-corrected chi connectivity index (χ3v) is 5.63. The molecule has 0 heterocycles. The summed E-state index contributed by atoms with van der Waals surface area (Å²) in [5, 5.41) is 0. The fourth-order valence-electron chi connectivity index (χ4n) is 1.12. The summed E-state index contributed by atoms with van der Waals surface area (Å²) >= 11 is 11.1. The van der Waals surface area contributed by atoms with Crippen molar-refractivity contribution in [2.75, 3.05) is 5.75 Å². The van der Waals surface area contributed by atoms with E-state index in [-0.39, 0.29) is 0 Å². The maximum atomic E-state index is 13.3. The van der Waals surface area contributed by atoms with Crippen molar-refractivity contribution >= 4 is 38.8 Å². The molecule has 7 heteroatoms. The first-order chi connectivity index (χ1) is 7.74. The van der Waals surface area contributed by atoms with Crippen LogP contribution in [0.2, 0.25) is 0 Å². The zero-order valence-electron chi connectivity index (χ0n) is 8.78. The third kappa shape index (κ3) is 2.61. The number of hydrogen-bond donors (Lipinski definition) is 0. The molecule has 0 aliphatic carbocycles. The molecule has 0 saturated heterocycles. The fourth-order valence-corrected chi connectivity index (χ4v) is 2.74. The molecule has 0 amide bonds. The summed E-state index contributed by atoms with van der Waals surface area (Å²) in [4.78, 5) is 11.8. The van der Waals surface area contributed by atoms with E-state index in [4.69, 9.17) is 23.2 Å². The highest BCUT2D eigenvalue weighted by Gasteiger charge is 2.47. The summed E-state index contributed by atoms with van der Waals surface area (Å²) < 4.78 is 33.7. The first-order valence-electron chi connectivity index (χ1n) is 4.63. The topological polar surface area (TPSA) is 51.2 Å². The Labute approximate surface area is 108 Å². The molecular formula is C10H9Cl2FO3S. The molecule has 0 bridgehead atoms. The maximum absolute atomic E-state index is 13.3. The van der Waals surface area contributed by atoms with E-state index in [1.54, 1.807) is 0 Å². The third-order valence-electron chi connectivity index (χ3n) is 2.15. The Morgan fingerprint density at radius 2 is 1.88 bits per heavy atom. The molecule has 0 N–H and O–H groups in total. The summed E-state index contributed by atoms with van der Waals surface area (Å²) in [6.07, 6.45) is 0. The molecule has 0 fully saturated rings. The van der Waals surface area contributed by atoms with Crippen molar-refractivity contribution in [2.24, 2.45) is 0 Å². The van der Waals surface area contributed by atoms with Gasteiger partial charge in [-0.2, -0.15) is 0 Å². The lowest BCUT2D eigenvalue weighted by molar-refractivity contribution is 0.0992. The Kier molecular flexibility index (Phi) is 4.17. The molecule has 0 radical (unpaired) electrons. The average molecular weight is 299 g/mol. The lowest BCUT2D eigenvalue weighted by Crippen LogP contribution is -2.37. The van der Waals surface area contributed by atoms with Gasteiger partial charge in [0.2, 0.25) is 5.78 Å². The number of carbonyl (C=O) groups is 1. The highest BCUT2D eigenvalue weighted by atomic mass is 35.5. The van der Waals surface area contributed by atoms with Gasteiger partial charge in [-0.1, -0.05) is 42.3 Å². The molecule has 0 aliphatic rings. The van der Waals surface area contributed by atoms with Crippen LogP contribution in [0.15, 0.2) is 24.3 Å². The van der Waals surface area contributed by atoms with Crippen LogP contribution >= 0.6 is 23.2 Å². The van der Waals surface area contributed by atoms with Crippen LogP contribution in [0.3, 0.4) is 0 Å². The highest BCUT2D eigenvalue weighted by molar-refractivity contribution is 7.96. The largest absolute Gasteiger partial charge is 0.289 e. The van der Waals surface area contributed by atoms with Crippen LogP contribution in [0.4, 0.5) is 4.39 Å². The van der Waals surface area contributed by atoms with Crippen molar-refractivity contribution in [1.82, 2.24) is 0 Å². The zero-order valence-corrected chi connectivity index (χ0v) is 11.1. The minimum atomic E-state index is -4.05. The van der Waals surface area contributed by atoms with Crippen LogP contribution in [0.1, 0.15) is 17.3 Å². The van der Waals surface area contributed by atoms with Gasteiger partial charge >= 0.3 is 0 Å². The molecule has 0 unspecified atom stereocenters. The lowest BCUT2D eigenvalue weighted by Gasteiger charge is -2.17. The second-order valence-corrected chi connectivity index (χ2v) is 7.42. The predicted octanol–water partition coefficient (Wildman–Crippen LogP) is 2.57. The Morgan fingerprint density at radius 1 is 1.35 bits per heavy atom. The lowest BCUT2D eigenvalue weighted by atomic mass is 10.1. The van der Waals surface area contributed by atoms with E-state index < -0.39 is 36.4 Å². The summed E-state index contributed by atoms with van der Waals surface area (Å²) in [6, 6.07) is 4.90. The van der Waals surface area contributed by atoms with Gasteiger partial charge in [-0.25, -0.2) is 12.8 Å². The molecule has 0 atom stereocenters. The van der Waals surface area contributed by atoms with E-state index in [2.05, 4.69) is 0 Å². The Morgan fingerprint density at radius 3 is 2.35 bits per heavy atom. The number of carbonyl (C=O) groups excluding carboxylic acids is 1. The zero-order chi connectivity index (χ0) is 13.3. The number of halogens is 3. The second kappa shape index (κ2) is 4.92. The molecule has 1 rings (SSSR count). The first kappa shape index (κ1) is 14.4. The molecule has 0 spiro atoms. The molecule has 0 saturated carbocycles. The summed E-state index contributed by atoms with van der Waals surface area (Å²) in [5.41, 5.74) is -0.450. The summed E-state index contributed by atoms with van der Waals surface area (Å²) in [6.45, 7) is 1.30. The van der Waals surface area contributed by atoms with E-state index in [1.807, 2.05) is 0 Å². The number of alkyl halides is 2. The van der Waals surface area contributed by atoms with Gasteiger partial charge in [-0.15, -0.1) is 0 Å². The van der Waals surface area contributed by atoms with E-state index in [0.717, 1.165) is 12.1 Å². The van der Waals surface area contributed by atoms with Gasteiger partial charge in [0, 0.05) is 0 Å². The quantitative estimate of drug-likeness (QED) is 0.634. The molecule has 0 aromatic heterocycles. The summed E-state index contributed by atoms with van der Waals surface area (Å²) in [7, 11) is -4.05. The molecular weight excluding hydrogens is 290 g/mol. The molecule has 1 aromatic carbocycles. The van der Waals surface area contributed by atoms with Gasteiger partial charge in [-0.05, 0) is 12.1 Å². The number of sulfone groups is 1. The van der Waals surface area contributed by atoms with E-state index in [0.29, 0.717) is 0 Å². The normalized spacial score (nSPS) is 12.5. The monoisotopic (exact) mass is 298 g/mol. The Balaban J connectivity index is 3.28. The van der Waals surface area contributed by atoms with Gasteiger partial charge in [0.15, 0.2) is 9.84 Å². The van der Waals surface area contributed by atoms with Gasteiger partial charge in [0.05, 0.1) is 11.3 Å². The van der Waals surface area contributed by atoms with Crippen LogP contribution in [0.5, 0.6) is 0 Å². The Hall–Kier alpha value is -0.650. The molecule has 0 aliphatic heterocycles. The van der Waals surface area contributed by atoms with Crippen LogP contribution in [0, 0.1) is 5.82 Å². The number of benzene rings is 1. The smallest absolute Gasteiger partial charge is 0.280 e. The van der Waals surface area contributed by atoms with Crippen LogP contribution in [0.25, 0.3) is 0 Å². The average Bonchev–Trinajstić information content (AvgIpc) is 2.28. The van der Waals surface area contributed by atoms with Gasteiger partial charge in [-0.3, -0.25) is 4.79 Å². The van der Waals surface area contributed by atoms with Crippen molar-refractivity contribution in [3.05, 3.63) is 35.6 Å². The van der Waals surface area contributed by atoms with Crippen molar-refractivity contribution < 1.29 is 17.6 Å². The van der Waals surface area contributed by atoms with Gasteiger partial charge in [0.25, 0.3) is 3.67 Å². The van der Waals surface area contributed by atoms with E-state index in [1.165, 1.54) is 19.1 Å². The fraction of sp³-hybridized carbons (Fsp3) is 0.300. The molecule has 3 nitrogen and oxygen atoms in total. The van der Waals surface area contributed by atoms with Crippen molar-refractivity contribution in [3.63, 3.8) is 0 Å². The van der Waals surface area contributed by atoms with Crippen LogP contribution in [-0.2, 0) is 9.84 Å². The summed E-state index contributed by atoms with van der Waals surface area (Å²) in [5.74, 6) is -2.46. The van der Waals surface area contributed by atoms with Crippen molar-refractivity contribution in [1.29, 1.82) is 0 Å². The van der Waals surface area contributed by atoms with Crippen LogP contribution < -0.4 is 0 Å². The minimum absolute atomic E-state index is 0.416. The van der Waals surface area contributed by atoms with Gasteiger partial charge < -0.3 is 0 Å². The number of rotatable bonds is 4. The molecule has 1 aromatic rings. The second-order valence-electron chi connectivity index (χ2n) is 3.23. The van der Waals surface area contributed by atoms with Crippen molar-refractivity contribution in [3.8, 4) is 0 Å². The molecule has 17 heavy (non-hydrogen) atoms.